The molecule has 2 aliphatic heterocycles. The molecule has 0 aromatic carbocycles. The summed E-state index contributed by atoms with van der Waals surface area (Å²) in [5, 5.41) is 9.26. The van der Waals surface area contributed by atoms with Crippen molar-refractivity contribution in [2.24, 2.45) is 0 Å². The fraction of sp³-hybridized carbons (Fsp3) is 0.450. The molecule has 0 bridgehead atoms. The molecule has 12 nitrogen and oxygen atoms in total. The Balaban J connectivity index is 2.24. The van der Waals surface area contributed by atoms with Crippen LogP contribution in [0.15, 0.2) is 36.2 Å². The standard InChI is InChI=1S/C20H23NO11/c1-11(22)30-17-14(10-29-16(25)7-6-15(24)28-3)32-19(18(17)31-12(2)23)21-8-4-5-13(9-21)20(26)27/h4,6-9,14,17-19H,5,10H2,1-3H3,(H,26,27)/b7-6+/t14?,17-,18-,19-/m1/s1. The van der Waals surface area contributed by atoms with Gasteiger partial charge >= 0.3 is 29.8 Å². The van der Waals surface area contributed by atoms with Crippen molar-refractivity contribution in [1.82, 2.24) is 4.90 Å². The minimum atomic E-state index is -1.16. The van der Waals surface area contributed by atoms with E-state index < -0.39 is 61.0 Å². The fourth-order valence-corrected chi connectivity index (χ4v) is 3.03. The summed E-state index contributed by atoms with van der Waals surface area (Å²) in [6.45, 7) is 1.88. The van der Waals surface area contributed by atoms with Crippen molar-refractivity contribution in [1.29, 1.82) is 0 Å². The van der Waals surface area contributed by atoms with Gasteiger partial charge in [-0.05, 0) is 0 Å². The lowest BCUT2D eigenvalue weighted by molar-refractivity contribution is -0.166. The Bertz CT molecular complexity index is 860. The zero-order chi connectivity index (χ0) is 23.8. The second kappa shape index (κ2) is 11.1. The Morgan fingerprint density at radius 2 is 1.72 bits per heavy atom. The molecule has 1 saturated heterocycles. The Morgan fingerprint density at radius 3 is 2.31 bits per heavy atom. The summed E-state index contributed by atoms with van der Waals surface area (Å²) in [4.78, 5) is 59.0. The van der Waals surface area contributed by atoms with Crippen LogP contribution >= 0.6 is 0 Å². The van der Waals surface area contributed by atoms with Gasteiger partial charge < -0.3 is 33.7 Å². The lowest BCUT2D eigenvalue weighted by Crippen LogP contribution is -2.44. The molecule has 1 fully saturated rings. The third-order valence-corrected chi connectivity index (χ3v) is 4.32. The molecular formula is C20H23NO11. The third-order valence-electron chi connectivity index (χ3n) is 4.32. The van der Waals surface area contributed by atoms with Crippen molar-refractivity contribution in [2.45, 2.75) is 44.8 Å². The van der Waals surface area contributed by atoms with E-state index in [4.69, 9.17) is 18.9 Å². The van der Waals surface area contributed by atoms with Crippen molar-refractivity contribution in [3.63, 3.8) is 0 Å². The summed E-state index contributed by atoms with van der Waals surface area (Å²) in [5.41, 5.74) is 0.0598. The quantitative estimate of drug-likeness (QED) is 0.299. The normalized spacial score (nSPS) is 24.6. The average molecular weight is 453 g/mol. The number of hydrogen-bond acceptors (Lipinski definition) is 11. The van der Waals surface area contributed by atoms with Crippen LogP contribution in [0.25, 0.3) is 0 Å². The lowest BCUT2D eigenvalue weighted by Gasteiger charge is -2.30. The van der Waals surface area contributed by atoms with E-state index in [1.54, 1.807) is 6.08 Å². The maximum absolute atomic E-state index is 11.8. The Hall–Kier alpha value is -3.67. The molecule has 2 heterocycles. The number of rotatable bonds is 8. The van der Waals surface area contributed by atoms with E-state index in [1.165, 1.54) is 17.3 Å². The number of methoxy groups -OCH3 is 1. The summed E-state index contributed by atoms with van der Waals surface area (Å²) < 4.78 is 25.8. The number of carboxylic acids is 1. The summed E-state index contributed by atoms with van der Waals surface area (Å²) in [6, 6.07) is 0. The summed E-state index contributed by atoms with van der Waals surface area (Å²) in [5.74, 6) is -4.18. The van der Waals surface area contributed by atoms with Gasteiger partial charge in [0.05, 0.1) is 12.7 Å². The Kier molecular flexibility index (Phi) is 8.53. The Labute approximate surface area is 183 Å². The number of allylic oxidation sites excluding steroid dienone is 1. The van der Waals surface area contributed by atoms with Gasteiger partial charge in [0.15, 0.2) is 18.4 Å². The first-order valence-corrected chi connectivity index (χ1v) is 9.43. The molecule has 0 radical (unpaired) electrons. The molecule has 174 valence electrons. The molecule has 4 atom stereocenters. The number of ether oxygens (including phenoxy) is 5. The highest BCUT2D eigenvalue weighted by atomic mass is 16.7. The second-order valence-corrected chi connectivity index (χ2v) is 6.70. The predicted molar refractivity (Wildman–Crippen MR) is 103 cm³/mol. The minimum Gasteiger partial charge on any atom is -0.478 e. The molecule has 0 aromatic rings. The molecule has 0 saturated carbocycles. The highest BCUT2D eigenvalue weighted by Gasteiger charge is 2.51. The first-order valence-electron chi connectivity index (χ1n) is 9.43. The van der Waals surface area contributed by atoms with E-state index in [-0.39, 0.29) is 12.0 Å². The topological polar surface area (TPSA) is 155 Å². The van der Waals surface area contributed by atoms with Gasteiger partial charge in [0.2, 0.25) is 0 Å². The van der Waals surface area contributed by atoms with Crippen molar-refractivity contribution in [2.75, 3.05) is 13.7 Å². The van der Waals surface area contributed by atoms with Crippen LogP contribution in [0.4, 0.5) is 0 Å². The van der Waals surface area contributed by atoms with Gasteiger partial charge in [-0.2, -0.15) is 0 Å². The number of esters is 4. The smallest absolute Gasteiger partial charge is 0.333 e. The van der Waals surface area contributed by atoms with Gasteiger partial charge in [-0.25, -0.2) is 14.4 Å². The molecule has 12 heteroatoms. The predicted octanol–water partition coefficient (Wildman–Crippen LogP) is 0.0350. The molecule has 32 heavy (non-hydrogen) atoms. The molecule has 2 rings (SSSR count). The van der Waals surface area contributed by atoms with Gasteiger partial charge in [-0.3, -0.25) is 9.59 Å². The molecular weight excluding hydrogens is 430 g/mol. The average Bonchev–Trinajstić information content (AvgIpc) is 3.06. The highest BCUT2D eigenvalue weighted by molar-refractivity contribution is 5.91. The van der Waals surface area contributed by atoms with Gasteiger partial charge in [0.25, 0.3) is 0 Å². The number of carboxylic acid groups (broad SMARTS) is 1. The van der Waals surface area contributed by atoms with Crippen LogP contribution in [-0.2, 0) is 47.7 Å². The van der Waals surface area contributed by atoms with Gasteiger partial charge in [0, 0.05) is 44.8 Å². The monoisotopic (exact) mass is 453 g/mol. The van der Waals surface area contributed by atoms with E-state index in [2.05, 4.69) is 4.74 Å². The molecule has 0 aromatic heterocycles. The maximum atomic E-state index is 11.8. The van der Waals surface area contributed by atoms with Crippen molar-refractivity contribution in [3.05, 3.63) is 36.2 Å². The van der Waals surface area contributed by atoms with Crippen molar-refractivity contribution < 1.29 is 52.8 Å². The zero-order valence-electron chi connectivity index (χ0n) is 17.6. The van der Waals surface area contributed by atoms with Crippen molar-refractivity contribution in [3.8, 4) is 0 Å². The van der Waals surface area contributed by atoms with E-state index in [0.717, 1.165) is 33.1 Å². The summed E-state index contributed by atoms with van der Waals surface area (Å²) in [6.07, 6.45) is 1.87. The van der Waals surface area contributed by atoms with Gasteiger partial charge in [0.1, 0.15) is 12.7 Å². The molecule has 0 aliphatic carbocycles. The fourth-order valence-electron chi connectivity index (χ4n) is 3.03. The zero-order valence-corrected chi connectivity index (χ0v) is 17.6. The first-order chi connectivity index (χ1) is 15.1. The summed E-state index contributed by atoms with van der Waals surface area (Å²) >= 11 is 0. The van der Waals surface area contributed by atoms with Crippen LogP contribution in [0.1, 0.15) is 20.3 Å². The van der Waals surface area contributed by atoms with Crippen LogP contribution in [0.2, 0.25) is 0 Å². The maximum Gasteiger partial charge on any atom is 0.333 e. The van der Waals surface area contributed by atoms with E-state index in [9.17, 15) is 29.1 Å². The summed E-state index contributed by atoms with van der Waals surface area (Å²) in [7, 11) is 1.14. The highest BCUT2D eigenvalue weighted by Crippen LogP contribution is 2.32. The first kappa shape index (κ1) is 24.6. The van der Waals surface area contributed by atoms with Crippen molar-refractivity contribution >= 4 is 29.8 Å². The van der Waals surface area contributed by atoms with Crippen LogP contribution in [-0.4, -0.2) is 78.1 Å². The number of carbonyl (C=O) groups excluding carboxylic acids is 4. The van der Waals surface area contributed by atoms with Crippen LogP contribution in [0.5, 0.6) is 0 Å². The number of nitrogens with zero attached hydrogens (tertiary/aromatic N) is 1. The van der Waals surface area contributed by atoms with E-state index >= 15 is 0 Å². The minimum absolute atomic E-state index is 0.0598. The van der Waals surface area contributed by atoms with Crippen LogP contribution in [0, 0.1) is 0 Å². The molecule has 1 unspecified atom stereocenters. The number of aliphatic carboxylic acids is 1. The lowest BCUT2D eigenvalue weighted by atomic mass is 10.1. The van der Waals surface area contributed by atoms with E-state index in [1.807, 2.05) is 0 Å². The SMILES string of the molecule is COC(=O)/C=C/C(=O)OCC1O[C@@H](N2C=CCC(C(=O)O)=C2)[C@H](OC(C)=O)[C@@H]1OC(C)=O. The second-order valence-electron chi connectivity index (χ2n) is 6.70. The molecule has 2 aliphatic rings. The number of carbonyl (C=O) groups is 5. The molecule has 0 amide bonds. The van der Waals surface area contributed by atoms with Crippen LogP contribution < -0.4 is 0 Å². The largest absolute Gasteiger partial charge is 0.478 e. The molecule has 0 spiro atoms. The van der Waals surface area contributed by atoms with Gasteiger partial charge in [-0.15, -0.1) is 0 Å². The third kappa shape index (κ3) is 6.67. The Morgan fingerprint density at radius 1 is 1.09 bits per heavy atom. The van der Waals surface area contributed by atoms with E-state index in [0.29, 0.717) is 0 Å². The number of hydrogen-bond donors (Lipinski definition) is 1. The van der Waals surface area contributed by atoms with Gasteiger partial charge in [-0.1, -0.05) is 6.08 Å². The van der Waals surface area contributed by atoms with Crippen LogP contribution in [0.3, 0.4) is 0 Å². The molecule has 1 N–H and O–H groups in total.